The first-order valence-electron chi connectivity index (χ1n) is 7.93. The summed E-state index contributed by atoms with van der Waals surface area (Å²) in [5, 5.41) is 20.8. The summed E-state index contributed by atoms with van der Waals surface area (Å²) < 4.78 is 5.68. The van der Waals surface area contributed by atoms with Gasteiger partial charge >= 0.3 is 5.97 Å². The Bertz CT molecular complexity index is 877. The van der Waals surface area contributed by atoms with Gasteiger partial charge in [0.15, 0.2) is 0 Å². The summed E-state index contributed by atoms with van der Waals surface area (Å²) in [5.74, 6) is -1.06. The van der Waals surface area contributed by atoms with E-state index in [1.807, 2.05) is 26.0 Å². The Kier molecular flexibility index (Phi) is 6.12. The van der Waals surface area contributed by atoms with Crippen LogP contribution < -0.4 is 10.1 Å². The molecule has 132 valence electrons. The molecule has 0 aromatic heterocycles. The van der Waals surface area contributed by atoms with Gasteiger partial charge in [0.25, 0.3) is 5.91 Å². The maximum Gasteiger partial charge on any atom is 0.335 e. The minimum atomic E-state index is -1.05. The van der Waals surface area contributed by atoms with Crippen LogP contribution in [0, 0.1) is 11.3 Å². The number of benzene rings is 2. The number of hydrogen-bond donors (Lipinski definition) is 2. The Morgan fingerprint density at radius 3 is 2.38 bits per heavy atom. The molecule has 26 heavy (non-hydrogen) atoms. The molecule has 0 aliphatic carbocycles. The molecule has 2 aromatic carbocycles. The van der Waals surface area contributed by atoms with Gasteiger partial charge in [-0.05, 0) is 50.3 Å². The van der Waals surface area contributed by atoms with Crippen molar-refractivity contribution in [3.05, 3.63) is 65.2 Å². The molecular formula is C20H18N2O4. The molecule has 0 spiro atoms. The molecule has 6 nitrogen and oxygen atoms in total. The van der Waals surface area contributed by atoms with Crippen LogP contribution in [0.25, 0.3) is 6.08 Å². The van der Waals surface area contributed by atoms with Crippen molar-refractivity contribution in [1.29, 1.82) is 5.26 Å². The lowest BCUT2D eigenvalue weighted by Gasteiger charge is -2.12. The van der Waals surface area contributed by atoms with Crippen LogP contribution in [0.4, 0.5) is 5.69 Å². The van der Waals surface area contributed by atoms with Gasteiger partial charge in [0, 0.05) is 11.3 Å². The smallest absolute Gasteiger partial charge is 0.335 e. The van der Waals surface area contributed by atoms with Crippen molar-refractivity contribution >= 4 is 23.6 Å². The Morgan fingerprint density at radius 1 is 1.15 bits per heavy atom. The zero-order valence-corrected chi connectivity index (χ0v) is 14.4. The van der Waals surface area contributed by atoms with Crippen LogP contribution in [0.1, 0.15) is 29.8 Å². The van der Waals surface area contributed by atoms with Crippen LogP contribution in [0.3, 0.4) is 0 Å². The molecule has 0 fully saturated rings. The lowest BCUT2D eigenvalue weighted by atomic mass is 10.1. The molecular weight excluding hydrogens is 332 g/mol. The fourth-order valence-corrected chi connectivity index (χ4v) is 2.16. The van der Waals surface area contributed by atoms with Crippen LogP contribution in [-0.4, -0.2) is 23.1 Å². The highest BCUT2D eigenvalue weighted by Crippen LogP contribution is 2.22. The number of carbonyl (C=O) groups excluding carboxylic acids is 1. The van der Waals surface area contributed by atoms with E-state index >= 15 is 0 Å². The molecule has 2 aromatic rings. The fraction of sp³-hybridized carbons (Fsp3) is 0.150. The number of aromatic carboxylic acids is 1. The summed E-state index contributed by atoms with van der Waals surface area (Å²) in [6.45, 7) is 3.78. The monoisotopic (exact) mass is 350 g/mol. The predicted octanol–water partition coefficient (Wildman–Crippen LogP) is 3.72. The van der Waals surface area contributed by atoms with E-state index in [0.29, 0.717) is 17.0 Å². The third-order valence-electron chi connectivity index (χ3n) is 3.34. The predicted molar refractivity (Wildman–Crippen MR) is 97.8 cm³/mol. The number of carboxylic acids is 1. The minimum absolute atomic E-state index is 0.0448. The van der Waals surface area contributed by atoms with Gasteiger partial charge in [-0.1, -0.05) is 18.2 Å². The maximum atomic E-state index is 12.3. The molecule has 0 saturated heterocycles. The zero-order chi connectivity index (χ0) is 19.1. The number of para-hydroxylation sites is 1. The van der Waals surface area contributed by atoms with Crippen molar-refractivity contribution in [1.82, 2.24) is 0 Å². The van der Waals surface area contributed by atoms with Gasteiger partial charge in [0.1, 0.15) is 17.4 Å². The summed E-state index contributed by atoms with van der Waals surface area (Å²) in [4.78, 5) is 23.2. The third-order valence-corrected chi connectivity index (χ3v) is 3.34. The summed E-state index contributed by atoms with van der Waals surface area (Å²) in [6, 6.07) is 14.7. The number of rotatable bonds is 6. The second kappa shape index (κ2) is 8.49. The average Bonchev–Trinajstić information content (AvgIpc) is 2.60. The van der Waals surface area contributed by atoms with E-state index in [0.717, 1.165) is 0 Å². The highest BCUT2D eigenvalue weighted by molar-refractivity contribution is 6.10. The summed E-state index contributed by atoms with van der Waals surface area (Å²) in [6.07, 6.45) is 1.41. The lowest BCUT2D eigenvalue weighted by Crippen LogP contribution is -2.14. The SMILES string of the molecule is CC(C)Oc1ccccc1/C=C(/C#N)C(=O)Nc1ccc(C(=O)O)cc1. The van der Waals surface area contributed by atoms with Gasteiger partial charge in [-0.3, -0.25) is 4.79 Å². The Morgan fingerprint density at radius 2 is 1.81 bits per heavy atom. The second-order valence-corrected chi connectivity index (χ2v) is 5.71. The molecule has 1 amide bonds. The number of nitriles is 1. The highest BCUT2D eigenvalue weighted by atomic mass is 16.5. The molecule has 0 saturated carbocycles. The van der Waals surface area contributed by atoms with Gasteiger partial charge in [-0.15, -0.1) is 0 Å². The summed E-state index contributed by atoms with van der Waals surface area (Å²) >= 11 is 0. The highest BCUT2D eigenvalue weighted by Gasteiger charge is 2.12. The number of carboxylic acid groups (broad SMARTS) is 1. The number of nitrogens with one attached hydrogen (secondary N) is 1. The van der Waals surface area contributed by atoms with Crippen LogP contribution in [0.2, 0.25) is 0 Å². The Labute approximate surface area is 151 Å². The van der Waals surface area contributed by atoms with Crippen molar-refractivity contribution in [2.24, 2.45) is 0 Å². The second-order valence-electron chi connectivity index (χ2n) is 5.71. The molecule has 0 radical (unpaired) electrons. The van der Waals surface area contributed by atoms with Gasteiger partial charge in [0.05, 0.1) is 11.7 Å². The Balaban J connectivity index is 2.22. The first-order valence-corrected chi connectivity index (χ1v) is 7.93. The molecule has 0 aliphatic rings. The van der Waals surface area contributed by atoms with Gasteiger partial charge in [-0.25, -0.2) is 4.79 Å². The molecule has 2 N–H and O–H groups in total. The lowest BCUT2D eigenvalue weighted by molar-refractivity contribution is -0.112. The van der Waals surface area contributed by atoms with E-state index < -0.39 is 11.9 Å². The van der Waals surface area contributed by atoms with Gasteiger partial charge in [-0.2, -0.15) is 5.26 Å². The van der Waals surface area contributed by atoms with Crippen LogP contribution in [-0.2, 0) is 4.79 Å². The number of hydrogen-bond acceptors (Lipinski definition) is 4. The first kappa shape index (κ1) is 18.7. The Hall–Kier alpha value is -3.59. The van der Waals surface area contributed by atoms with Crippen LogP contribution in [0.15, 0.2) is 54.1 Å². The fourth-order valence-electron chi connectivity index (χ4n) is 2.16. The number of ether oxygens (including phenoxy) is 1. The van der Waals surface area contributed by atoms with E-state index in [2.05, 4.69) is 5.32 Å². The topological polar surface area (TPSA) is 99.4 Å². The zero-order valence-electron chi connectivity index (χ0n) is 14.4. The standard InChI is InChI=1S/C20H18N2O4/c1-13(2)26-18-6-4-3-5-15(18)11-16(12-21)19(23)22-17-9-7-14(8-10-17)20(24)25/h3-11,13H,1-2H3,(H,22,23)(H,24,25)/b16-11-. The van der Waals surface area contributed by atoms with E-state index in [4.69, 9.17) is 9.84 Å². The number of carbonyl (C=O) groups is 2. The average molecular weight is 350 g/mol. The first-order chi connectivity index (χ1) is 12.4. The summed E-state index contributed by atoms with van der Waals surface area (Å²) in [7, 11) is 0. The van der Waals surface area contributed by atoms with E-state index in [9.17, 15) is 14.9 Å². The molecule has 0 atom stereocenters. The van der Waals surface area contributed by atoms with Crippen molar-refractivity contribution < 1.29 is 19.4 Å². The molecule has 0 unspecified atom stereocenters. The number of amides is 1. The molecule has 0 bridgehead atoms. The molecule has 6 heteroatoms. The van der Waals surface area contributed by atoms with Gasteiger partial charge < -0.3 is 15.2 Å². The third kappa shape index (κ3) is 4.95. The quantitative estimate of drug-likeness (QED) is 0.611. The van der Waals surface area contributed by atoms with Crippen molar-refractivity contribution in [3.63, 3.8) is 0 Å². The molecule has 2 rings (SSSR count). The van der Waals surface area contributed by atoms with Crippen LogP contribution >= 0.6 is 0 Å². The largest absolute Gasteiger partial charge is 0.490 e. The van der Waals surface area contributed by atoms with E-state index in [-0.39, 0.29) is 17.2 Å². The van der Waals surface area contributed by atoms with Gasteiger partial charge in [0.2, 0.25) is 0 Å². The van der Waals surface area contributed by atoms with Crippen molar-refractivity contribution in [2.75, 3.05) is 5.32 Å². The molecule has 0 heterocycles. The molecule has 0 aliphatic heterocycles. The summed E-state index contributed by atoms with van der Waals surface area (Å²) in [5.41, 5.74) is 1.04. The maximum absolute atomic E-state index is 12.3. The normalized spacial score (nSPS) is 10.9. The van der Waals surface area contributed by atoms with E-state index in [1.54, 1.807) is 18.2 Å². The number of nitrogens with zero attached hydrogens (tertiary/aromatic N) is 1. The van der Waals surface area contributed by atoms with Crippen LogP contribution in [0.5, 0.6) is 5.75 Å². The minimum Gasteiger partial charge on any atom is -0.490 e. The van der Waals surface area contributed by atoms with E-state index in [1.165, 1.54) is 30.3 Å². The van der Waals surface area contributed by atoms with Crippen molar-refractivity contribution in [3.8, 4) is 11.8 Å². The van der Waals surface area contributed by atoms with Crippen molar-refractivity contribution in [2.45, 2.75) is 20.0 Å². The number of anilines is 1.